The number of halogens is 1. The first-order valence-corrected chi connectivity index (χ1v) is 6.22. The Bertz CT molecular complexity index is 355. The molecule has 1 heterocycles. The van der Waals surface area contributed by atoms with E-state index in [1.807, 2.05) is 19.2 Å². The van der Waals surface area contributed by atoms with Crippen LogP contribution in [0.3, 0.4) is 0 Å². The molecule has 3 heteroatoms. The number of hydrogen-bond acceptors (Lipinski definition) is 2. The molecule has 1 N–H and O–H groups in total. The number of ether oxygens (including phenoxy) is 1. The van der Waals surface area contributed by atoms with E-state index >= 15 is 0 Å². The van der Waals surface area contributed by atoms with E-state index in [2.05, 4.69) is 5.32 Å². The molecular formula is C14H20FNO. The molecule has 17 heavy (non-hydrogen) atoms. The fourth-order valence-electron chi connectivity index (χ4n) is 2.64. The van der Waals surface area contributed by atoms with Gasteiger partial charge in [0.25, 0.3) is 0 Å². The molecule has 0 amide bonds. The average Bonchev–Trinajstić information content (AvgIpc) is 2.34. The lowest BCUT2D eigenvalue weighted by atomic mass is 9.75. The third-order valence-corrected chi connectivity index (χ3v) is 3.63. The normalized spacial score (nSPS) is 19.2. The maximum absolute atomic E-state index is 13.7. The Kier molecular flexibility index (Phi) is 4.13. The van der Waals surface area contributed by atoms with Gasteiger partial charge in [-0.25, -0.2) is 4.39 Å². The summed E-state index contributed by atoms with van der Waals surface area (Å²) in [6, 6.07) is 7.09. The molecule has 0 radical (unpaired) electrons. The van der Waals surface area contributed by atoms with Crippen LogP contribution in [-0.4, -0.2) is 26.8 Å². The van der Waals surface area contributed by atoms with Crippen LogP contribution >= 0.6 is 0 Å². The van der Waals surface area contributed by atoms with Crippen molar-refractivity contribution in [1.82, 2.24) is 5.32 Å². The predicted molar refractivity (Wildman–Crippen MR) is 66.5 cm³/mol. The van der Waals surface area contributed by atoms with E-state index in [1.54, 1.807) is 12.1 Å². The summed E-state index contributed by atoms with van der Waals surface area (Å²) in [4.78, 5) is 0. The maximum Gasteiger partial charge on any atom is 0.126 e. The quantitative estimate of drug-likeness (QED) is 0.868. The van der Waals surface area contributed by atoms with E-state index in [0.29, 0.717) is 0 Å². The van der Waals surface area contributed by atoms with Crippen LogP contribution in [0.15, 0.2) is 24.3 Å². The fraction of sp³-hybridized carbons (Fsp3) is 0.571. The van der Waals surface area contributed by atoms with Crippen LogP contribution in [0.25, 0.3) is 0 Å². The molecular weight excluding hydrogens is 217 g/mol. The van der Waals surface area contributed by atoms with E-state index in [9.17, 15) is 4.39 Å². The summed E-state index contributed by atoms with van der Waals surface area (Å²) in [5.41, 5.74) is 0.972. The van der Waals surface area contributed by atoms with Crippen molar-refractivity contribution in [2.75, 3.05) is 26.8 Å². The van der Waals surface area contributed by atoms with Crippen molar-refractivity contribution in [3.05, 3.63) is 35.6 Å². The minimum atomic E-state index is -0.0885. The zero-order valence-corrected chi connectivity index (χ0v) is 10.3. The van der Waals surface area contributed by atoms with Crippen LogP contribution in [0, 0.1) is 11.2 Å². The molecule has 0 aromatic heterocycles. The van der Waals surface area contributed by atoms with Crippen LogP contribution < -0.4 is 5.32 Å². The number of hydrogen-bond donors (Lipinski definition) is 1. The van der Waals surface area contributed by atoms with Gasteiger partial charge in [0.05, 0.1) is 0 Å². The Morgan fingerprint density at radius 2 is 2.00 bits per heavy atom. The topological polar surface area (TPSA) is 21.3 Å². The van der Waals surface area contributed by atoms with Gasteiger partial charge in [0, 0.05) is 19.8 Å². The number of rotatable bonds is 4. The van der Waals surface area contributed by atoms with Gasteiger partial charge in [-0.15, -0.1) is 0 Å². The molecule has 1 aliphatic rings. The van der Waals surface area contributed by atoms with Crippen molar-refractivity contribution < 1.29 is 9.13 Å². The molecule has 1 saturated heterocycles. The molecule has 0 aliphatic carbocycles. The number of nitrogens with one attached hydrogen (secondary N) is 1. The SMILES string of the molecule is CNCC1(Cc2ccccc2F)CCOCC1. The second-order valence-electron chi connectivity index (χ2n) is 4.91. The van der Waals surface area contributed by atoms with E-state index in [0.717, 1.165) is 44.6 Å². The molecule has 1 aromatic carbocycles. The molecule has 2 nitrogen and oxygen atoms in total. The van der Waals surface area contributed by atoms with Gasteiger partial charge in [-0.3, -0.25) is 0 Å². The largest absolute Gasteiger partial charge is 0.381 e. The minimum Gasteiger partial charge on any atom is -0.381 e. The van der Waals surface area contributed by atoms with Crippen molar-refractivity contribution in [3.8, 4) is 0 Å². The third kappa shape index (κ3) is 3.05. The second kappa shape index (κ2) is 5.61. The smallest absolute Gasteiger partial charge is 0.126 e. The van der Waals surface area contributed by atoms with E-state index in [-0.39, 0.29) is 11.2 Å². The zero-order chi connectivity index (χ0) is 12.1. The predicted octanol–water partition coefficient (Wildman–Crippen LogP) is 2.38. The van der Waals surface area contributed by atoms with E-state index in [1.165, 1.54) is 0 Å². The van der Waals surface area contributed by atoms with E-state index < -0.39 is 0 Å². The molecule has 2 rings (SSSR count). The van der Waals surface area contributed by atoms with Crippen LogP contribution in [-0.2, 0) is 11.2 Å². The summed E-state index contributed by atoms with van der Waals surface area (Å²) in [5, 5.41) is 3.24. The monoisotopic (exact) mass is 237 g/mol. The van der Waals surface area contributed by atoms with Crippen LogP contribution in [0.5, 0.6) is 0 Å². The summed E-state index contributed by atoms with van der Waals surface area (Å²) >= 11 is 0. The van der Waals surface area contributed by atoms with Crippen LogP contribution in [0.1, 0.15) is 18.4 Å². The van der Waals surface area contributed by atoms with Gasteiger partial charge < -0.3 is 10.1 Å². The summed E-state index contributed by atoms with van der Waals surface area (Å²) in [6.45, 7) is 2.50. The van der Waals surface area contributed by atoms with Crippen molar-refractivity contribution in [2.45, 2.75) is 19.3 Å². The lowest BCUT2D eigenvalue weighted by Gasteiger charge is -2.37. The highest BCUT2D eigenvalue weighted by molar-refractivity contribution is 5.19. The molecule has 1 aromatic rings. The molecule has 0 unspecified atom stereocenters. The first-order chi connectivity index (χ1) is 8.26. The van der Waals surface area contributed by atoms with Gasteiger partial charge in [0.2, 0.25) is 0 Å². The molecule has 0 atom stereocenters. The van der Waals surface area contributed by atoms with Crippen molar-refractivity contribution in [3.63, 3.8) is 0 Å². The highest BCUT2D eigenvalue weighted by atomic mass is 19.1. The first kappa shape index (κ1) is 12.5. The summed E-state index contributed by atoms with van der Waals surface area (Å²) in [6.07, 6.45) is 2.80. The fourth-order valence-corrected chi connectivity index (χ4v) is 2.64. The van der Waals surface area contributed by atoms with E-state index in [4.69, 9.17) is 4.74 Å². The van der Waals surface area contributed by atoms with Crippen molar-refractivity contribution >= 4 is 0 Å². The Labute approximate surface area is 102 Å². The van der Waals surface area contributed by atoms with Crippen molar-refractivity contribution in [1.29, 1.82) is 0 Å². The van der Waals surface area contributed by atoms with Gasteiger partial charge >= 0.3 is 0 Å². The molecule has 94 valence electrons. The highest BCUT2D eigenvalue weighted by Gasteiger charge is 2.32. The molecule has 0 saturated carbocycles. The molecule has 1 aliphatic heterocycles. The van der Waals surface area contributed by atoms with Gasteiger partial charge in [0.1, 0.15) is 5.82 Å². The summed E-state index contributed by atoms with van der Waals surface area (Å²) < 4.78 is 19.1. The second-order valence-corrected chi connectivity index (χ2v) is 4.91. The summed E-state index contributed by atoms with van der Waals surface area (Å²) in [7, 11) is 1.96. The van der Waals surface area contributed by atoms with Crippen molar-refractivity contribution in [2.24, 2.45) is 5.41 Å². The maximum atomic E-state index is 13.7. The van der Waals surface area contributed by atoms with Gasteiger partial charge in [-0.05, 0) is 43.4 Å². The third-order valence-electron chi connectivity index (χ3n) is 3.63. The Balaban J connectivity index is 2.14. The van der Waals surface area contributed by atoms with Gasteiger partial charge in [0.15, 0.2) is 0 Å². The molecule has 0 spiro atoms. The standard InChI is InChI=1S/C14H20FNO/c1-16-11-14(6-8-17-9-7-14)10-12-4-2-3-5-13(12)15/h2-5,16H,6-11H2,1H3. The zero-order valence-electron chi connectivity index (χ0n) is 10.3. The first-order valence-electron chi connectivity index (χ1n) is 6.22. The van der Waals surface area contributed by atoms with Gasteiger partial charge in [-0.1, -0.05) is 18.2 Å². The Morgan fingerprint density at radius 3 is 2.65 bits per heavy atom. The minimum absolute atomic E-state index is 0.0885. The number of benzene rings is 1. The lowest BCUT2D eigenvalue weighted by Crippen LogP contribution is -2.39. The summed E-state index contributed by atoms with van der Waals surface area (Å²) in [5.74, 6) is -0.0885. The molecule has 1 fully saturated rings. The average molecular weight is 237 g/mol. The molecule has 0 bridgehead atoms. The van der Waals surface area contributed by atoms with Gasteiger partial charge in [-0.2, -0.15) is 0 Å². The Hall–Kier alpha value is -0.930. The highest BCUT2D eigenvalue weighted by Crippen LogP contribution is 2.34. The lowest BCUT2D eigenvalue weighted by molar-refractivity contribution is 0.0154. The van der Waals surface area contributed by atoms with Crippen LogP contribution in [0.4, 0.5) is 4.39 Å². The Morgan fingerprint density at radius 1 is 1.29 bits per heavy atom. The van der Waals surface area contributed by atoms with Crippen LogP contribution in [0.2, 0.25) is 0 Å².